The molecular formula is C15H15NO2S. The minimum absolute atomic E-state index is 0.0216. The summed E-state index contributed by atoms with van der Waals surface area (Å²) in [7, 11) is 0. The fourth-order valence-corrected chi connectivity index (χ4v) is 2.72. The Kier molecular flexibility index (Phi) is 3.19. The van der Waals surface area contributed by atoms with Crippen LogP contribution in [0, 0.1) is 6.92 Å². The van der Waals surface area contributed by atoms with Gasteiger partial charge in [0.05, 0.1) is 11.8 Å². The van der Waals surface area contributed by atoms with E-state index in [1.165, 1.54) is 4.90 Å². The average Bonchev–Trinajstić information content (AvgIpc) is 3.15. The number of benzene rings is 1. The zero-order valence-corrected chi connectivity index (χ0v) is 11.8. The fraction of sp³-hybridized carbons (Fsp3) is 0.333. The van der Waals surface area contributed by atoms with Crippen LogP contribution in [0.4, 0.5) is 0 Å². The maximum atomic E-state index is 12.6. The Balaban J connectivity index is 1.97. The monoisotopic (exact) mass is 273 g/mol. The smallest absolute Gasteiger partial charge is 0.198 e. The second-order valence-electron chi connectivity index (χ2n) is 4.89. The topological polar surface area (TPSA) is 43.1 Å². The van der Waals surface area contributed by atoms with E-state index in [0.29, 0.717) is 11.5 Å². The molecule has 0 atom stereocenters. The summed E-state index contributed by atoms with van der Waals surface area (Å²) in [4.78, 5) is 13.7. The zero-order valence-electron chi connectivity index (χ0n) is 11.0. The third-order valence-electron chi connectivity index (χ3n) is 3.47. The molecule has 0 amide bonds. The maximum Gasteiger partial charge on any atom is 0.198 e. The maximum absolute atomic E-state index is 12.6. The van der Waals surface area contributed by atoms with Gasteiger partial charge >= 0.3 is 0 Å². The van der Waals surface area contributed by atoms with Crippen LogP contribution in [0.1, 0.15) is 46.0 Å². The second kappa shape index (κ2) is 4.85. The summed E-state index contributed by atoms with van der Waals surface area (Å²) in [6.45, 7) is 1.97. The van der Waals surface area contributed by atoms with Gasteiger partial charge in [-0.15, -0.1) is 11.8 Å². The lowest BCUT2D eigenvalue weighted by Gasteiger charge is -2.06. The molecule has 0 N–H and O–H groups in total. The van der Waals surface area contributed by atoms with Crippen LogP contribution < -0.4 is 0 Å². The first kappa shape index (κ1) is 12.5. The van der Waals surface area contributed by atoms with Crippen molar-refractivity contribution < 1.29 is 9.32 Å². The number of ketones is 1. The predicted molar refractivity (Wildman–Crippen MR) is 74.9 cm³/mol. The highest BCUT2D eigenvalue weighted by molar-refractivity contribution is 7.98. The van der Waals surface area contributed by atoms with Gasteiger partial charge in [-0.25, -0.2) is 0 Å². The number of hydrogen-bond acceptors (Lipinski definition) is 4. The average molecular weight is 273 g/mol. The summed E-state index contributed by atoms with van der Waals surface area (Å²) >= 11 is 1.68. The molecular weight excluding hydrogens is 258 g/mol. The van der Waals surface area contributed by atoms with E-state index in [1.54, 1.807) is 18.0 Å². The Labute approximate surface area is 116 Å². The van der Waals surface area contributed by atoms with Gasteiger partial charge in [-0.3, -0.25) is 4.79 Å². The molecule has 19 heavy (non-hydrogen) atoms. The SMILES string of the molecule is CSc1ccc(C(=O)c2cnoc2C2CC2)c(C)c1. The lowest BCUT2D eigenvalue weighted by atomic mass is 9.99. The second-order valence-corrected chi connectivity index (χ2v) is 5.77. The number of carbonyl (C=O) groups is 1. The van der Waals surface area contributed by atoms with Crippen molar-refractivity contribution in [2.45, 2.75) is 30.6 Å². The minimum atomic E-state index is 0.0216. The Morgan fingerprint density at radius 2 is 2.16 bits per heavy atom. The number of rotatable bonds is 4. The summed E-state index contributed by atoms with van der Waals surface area (Å²) in [6.07, 6.45) is 5.78. The molecule has 0 saturated heterocycles. The Hall–Kier alpha value is -1.55. The van der Waals surface area contributed by atoms with Gasteiger partial charge in [-0.1, -0.05) is 5.16 Å². The van der Waals surface area contributed by atoms with Crippen molar-refractivity contribution in [2.75, 3.05) is 6.26 Å². The van der Waals surface area contributed by atoms with Crippen LogP contribution in [-0.2, 0) is 0 Å². The van der Waals surface area contributed by atoms with E-state index in [9.17, 15) is 4.79 Å². The van der Waals surface area contributed by atoms with Crippen LogP contribution in [-0.4, -0.2) is 17.2 Å². The summed E-state index contributed by atoms with van der Waals surface area (Å²) in [5.41, 5.74) is 2.37. The summed E-state index contributed by atoms with van der Waals surface area (Å²) in [5, 5.41) is 3.79. The molecule has 98 valence electrons. The third kappa shape index (κ3) is 2.32. The molecule has 0 unspecified atom stereocenters. The lowest BCUT2D eigenvalue weighted by molar-refractivity contribution is 0.103. The third-order valence-corrected chi connectivity index (χ3v) is 4.19. The van der Waals surface area contributed by atoms with E-state index in [1.807, 2.05) is 31.4 Å². The molecule has 1 aromatic heterocycles. The molecule has 1 aromatic carbocycles. The van der Waals surface area contributed by atoms with Gasteiger partial charge in [-0.05, 0) is 49.8 Å². The normalized spacial score (nSPS) is 14.6. The van der Waals surface area contributed by atoms with Crippen LogP contribution in [0.15, 0.2) is 33.8 Å². The van der Waals surface area contributed by atoms with E-state index in [0.717, 1.165) is 29.7 Å². The first-order valence-electron chi connectivity index (χ1n) is 6.34. The molecule has 1 aliphatic rings. The highest BCUT2D eigenvalue weighted by Gasteiger charge is 2.32. The van der Waals surface area contributed by atoms with Gasteiger partial charge < -0.3 is 4.52 Å². The van der Waals surface area contributed by atoms with E-state index in [-0.39, 0.29) is 5.78 Å². The van der Waals surface area contributed by atoms with Crippen molar-refractivity contribution in [3.8, 4) is 0 Å². The predicted octanol–water partition coefficient (Wildman–Crippen LogP) is 3.81. The lowest BCUT2D eigenvalue weighted by Crippen LogP contribution is -2.05. The van der Waals surface area contributed by atoms with Crippen molar-refractivity contribution in [3.63, 3.8) is 0 Å². The van der Waals surface area contributed by atoms with Crippen LogP contribution in [0.3, 0.4) is 0 Å². The number of carbonyl (C=O) groups excluding carboxylic acids is 1. The number of thioether (sulfide) groups is 1. The molecule has 4 heteroatoms. The van der Waals surface area contributed by atoms with Gasteiger partial charge in [0.25, 0.3) is 0 Å². The molecule has 3 nitrogen and oxygen atoms in total. The summed E-state index contributed by atoms with van der Waals surface area (Å²) < 4.78 is 5.24. The molecule has 0 radical (unpaired) electrons. The molecule has 1 aliphatic carbocycles. The first-order valence-corrected chi connectivity index (χ1v) is 7.57. The largest absolute Gasteiger partial charge is 0.360 e. The number of hydrogen-bond donors (Lipinski definition) is 0. The summed E-state index contributed by atoms with van der Waals surface area (Å²) in [6, 6.07) is 5.92. The van der Waals surface area contributed by atoms with Gasteiger partial charge in [0.2, 0.25) is 0 Å². The Morgan fingerprint density at radius 3 is 2.79 bits per heavy atom. The highest BCUT2D eigenvalue weighted by Crippen LogP contribution is 2.42. The number of aryl methyl sites for hydroxylation is 1. The van der Waals surface area contributed by atoms with Crippen LogP contribution in [0.5, 0.6) is 0 Å². The number of nitrogens with zero attached hydrogens (tertiary/aromatic N) is 1. The fourth-order valence-electron chi connectivity index (χ4n) is 2.22. The molecule has 1 heterocycles. The van der Waals surface area contributed by atoms with Crippen molar-refractivity contribution in [1.29, 1.82) is 0 Å². The van der Waals surface area contributed by atoms with Crippen LogP contribution in [0.25, 0.3) is 0 Å². The van der Waals surface area contributed by atoms with Crippen LogP contribution in [0.2, 0.25) is 0 Å². The van der Waals surface area contributed by atoms with Gasteiger partial charge in [0.1, 0.15) is 0 Å². The van der Waals surface area contributed by atoms with Gasteiger partial charge in [0.15, 0.2) is 11.5 Å². The van der Waals surface area contributed by atoms with Crippen LogP contribution >= 0.6 is 11.8 Å². The Bertz CT molecular complexity index is 629. The molecule has 0 spiro atoms. The first-order chi connectivity index (χ1) is 9.20. The standard InChI is InChI=1S/C15H15NO2S/c1-9-7-11(19-2)5-6-12(9)14(17)13-8-16-18-15(13)10-3-4-10/h5-8,10H,3-4H2,1-2H3. The molecule has 1 saturated carbocycles. The molecule has 3 rings (SSSR count). The summed E-state index contributed by atoms with van der Waals surface area (Å²) in [5.74, 6) is 1.18. The van der Waals surface area contributed by atoms with Gasteiger partial charge in [-0.2, -0.15) is 0 Å². The van der Waals surface area contributed by atoms with Crippen molar-refractivity contribution in [3.05, 3.63) is 46.8 Å². The van der Waals surface area contributed by atoms with Crippen molar-refractivity contribution in [1.82, 2.24) is 5.16 Å². The van der Waals surface area contributed by atoms with E-state index < -0.39 is 0 Å². The van der Waals surface area contributed by atoms with E-state index >= 15 is 0 Å². The number of aromatic nitrogens is 1. The highest BCUT2D eigenvalue weighted by atomic mass is 32.2. The van der Waals surface area contributed by atoms with E-state index in [2.05, 4.69) is 5.16 Å². The quantitative estimate of drug-likeness (QED) is 0.627. The van der Waals surface area contributed by atoms with Crippen molar-refractivity contribution in [2.24, 2.45) is 0 Å². The van der Waals surface area contributed by atoms with Gasteiger partial charge in [0, 0.05) is 16.4 Å². The molecule has 0 bridgehead atoms. The van der Waals surface area contributed by atoms with E-state index in [4.69, 9.17) is 4.52 Å². The molecule has 2 aromatic rings. The zero-order chi connectivity index (χ0) is 13.4. The minimum Gasteiger partial charge on any atom is -0.360 e. The van der Waals surface area contributed by atoms with Crippen molar-refractivity contribution >= 4 is 17.5 Å². The molecule has 1 fully saturated rings. The Morgan fingerprint density at radius 1 is 1.37 bits per heavy atom. The molecule has 0 aliphatic heterocycles.